The number of rotatable bonds is 5. The lowest BCUT2D eigenvalue weighted by molar-refractivity contribution is 0.189. The predicted octanol–water partition coefficient (Wildman–Crippen LogP) is 3.85. The molecule has 1 aromatic heterocycles. The first kappa shape index (κ1) is 14.1. The molecule has 0 atom stereocenters. The number of nitrogens with zero attached hydrogens (tertiary/aromatic N) is 3. The minimum absolute atomic E-state index is 0.0871. The summed E-state index contributed by atoms with van der Waals surface area (Å²) >= 11 is 0. The lowest BCUT2D eigenvalue weighted by Crippen LogP contribution is -2.27. The molecule has 0 N–H and O–H groups in total. The molecule has 1 aliphatic carbocycles. The molecule has 0 amide bonds. The topological polar surface area (TPSA) is 41.6 Å². The SMILES string of the molecule is CCCC1CCC(C#N)(CCc2nccn2C)CC1. The molecule has 0 unspecified atom stereocenters. The summed E-state index contributed by atoms with van der Waals surface area (Å²) < 4.78 is 2.06. The van der Waals surface area contributed by atoms with Crippen molar-refractivity contribution in [2.75, 3.05) is 0 Å². The molecule has 0 aromatic carbocycles. The summed E-state index contributed by atoms with van der Waals surface area (Å²) in [5, 5.41) is 9.58. The molecule has 19 heavy (non-hydrogen) atoms. The third-order valence-electron chi connectivity index (χ3n) is 4.74. The van der Waals surface area contributed by atoms with E-state index in [1.165, 1.54) is 25.7 Å². The van der Waals surface area contributed by atoms with Crippen molar-refractivity contribution in [1.82, 2.24) is 9.55 Å². The molecule has 1 aromatic rings. The maximum atomic E-state index is 9.58. The first-order chi connectivity index (χ1) is 9.19. The Morgan fingerprint density at radius 1 is 1.47 bits per heavy atom. The summed E-state index contributed by atoms with van der Waals surface area (Å²) in [4.78, 5) is 4.36. The molecule has 3 nitrogen and oxygen atoms in total. The van der Waals surface area contributed by atoms with Crippen molar-refractivity contribution in [1.29, 1.82) is 5.26 Å². The molecule has 1 saturated carbocycles. The van der Waals surface area contributed by atoms with Gasteiger partial charge in [0.15, 0.2) is 0 Å². The predicted molar refractivity (Wildman–Crippen MR) is 76.4 cm³/mol. The quantitative estimate of drug-likeness (QED) is 0.806. The van der Waals surface area contributed by atoms with Gasteiger partial charge >= 0.3 is 0 Å². The van der Waals surface area contributed by atoms with E-state index < -0.39 is 0 Å². The van der Waals surface area contributed by atoms with Crippen LogP contribution in [0.4, 0.5) is 0 Å². The van der Waals surface area contributed by atoms with Gasteiger partial charge < -0.3 is 4.57 Å². The van der Waals surface area contributed by atoms with Crippen molar-refractivity contribution in [3.8, 4) is 6.07 Å². The summed E-state index contributed by atoms with van der Waals surface area (Å²) in [6, 6.07) is 2.62. The molecular weight excluding hydrogens is 234 g/mol. The molecule has 0 spiro atoms. The number of aromatic nitrogens is 2. The fraction of sp³-hybridized carbons (Fsp3) is 0.750. The van der Waals surface area contributed by atoms with Gasteiger partial charge in [-0.05, 0) is 38.0 Å². The van der Waals surface area contributed by atoms with E-state index in [-0.39, 0.29) is 5.41 Å². The Kier molecular flexibility index (Phi) is 4.63. The second kappa shape index (κ2) is 6.23. The standard InChI is InChI=1S/C16H25N3/c1-3-4-14-5-8-16(13-17,9-6-14)10-7-15-18-11-12-19(15)2/h11-12,14H,3-10H2,1-2H3. The van der Waals surface area contributed by atoms with Gasteiger partial charge in [0.05, 0.1) is 11.5 Å². The van der Waals surface area contributed by atoms with Crippen LogP contribution in [0, 0.1) is 22.7 Å². The maximum Gasteiger partial charge on any atom is 0.108 e. The van der Waals surface area contributed by atoms with Crippen molar-refractivity contribution in [3.05, 3.63) is 18.2 Å². The van der Waals surface area contributed by atoms with Crippen LogP contribution in [-0.4, -0.2) is 9.55 Å². The Hall–Kier alpha value is -1.30. The zero-order valence-electron chi connectivity index (χ0n) is 12.2. The van der Waals surface area contributed by atoms with Crippen LogP contribution in [0.15, 0.2) is 12.4 Å². The monoisotopic (exact) mass is 259 g/mol. The molecular formula is C16H25N3. The number of imidazole rings is 1. The van der Waals surface area contributed by atoms with E-state index in [2.05, 4.69) is 22.5 Å². The zero-order valence-corrected chi connectivity index (χ0v) is 12.2. The lowest BCUT2D eigenvalue weighted by atomic mass is 9.68. The van der Waals surface area contributed by atoms with E-state index in [1.54, 1.807) is 0 Å². The van der Waals surface area contributed by atoms with Gasteiger partial charge in [-0.2, -0.15) is 5.26 Å². The van der Waals surface area contributed by atoms with Crippen molar-refractivity contribution < 1.29 is 0 Å². The average Bonchev–Trinajstić information content (AvgIpc) is 2.84. The summed E-state index contributed by atoms with van der Waals surface area (Å²) in [5.41, 5.74) is -0.0871. The Bertz CT molecular complexity index is 433. The van der Waals surface area contributed by atoms with Crippen LogP contribution in [0.5, 0.6) is 0 Å². The molecule has 1 fully saturated rings. The highest BCUT2D eigenvalue weighted by molar-refractivity contribution is 5.04. The van der Waals surface area contributed by atoms with Crippen LogP contribution in [0.3, 0.4) is 0 Å². The largest absolute Gasteiger partial charge is 0.338 e. The molecule has 0 bridgehead atoms. The fourth-order valence-corrected chi connectivity index (χ4v) is 3.33. The molecule has 104 valence electrons. The van der Waals surface area contributed by atoms with E-state index in [9.17, 15) is 5.26 Å². The summed E-state index contributed by atoms with van der Waals surface area (Å²) in [5.74, 6) is 1.96. The third kappa shape index (κ3) is 3.37. The summed E-state index contributed by atoms with van der Waals surface area (Å²) in [7, 11) is 2.03. The maximum absolute atomic E-state index is 9.58. The van der Waals surface area contributed by atoms with Crippen LogP contribution in [0.1, 0.15) is 57.7 Å². The Labute approximate surface area is 116 Å². The van der Waals surface area contributed by atoms with Gasteiger partial charge in [-0.15, -0.1) is 0 Å². The van der Waals surface area contributed by atoms with Crippen molar-refractivity contribution >= 4 is 0 Å². The van der Waals surface area contributed by atoms with Gasteiger partial charge in [0, 0.05) is 25.9 Å². The van der Waals surface area contributed by atoms with Crippen LogP contribution >= 0.6 is 0 Å². The van der Waals surface area contributed by atoms with Gasteiger partial charge in [0.25, 0.3) is 0 Å². The molecule has 1 heterocycles. The van der Waals surface area contributed by atoms with E-state index in [0.29, 0.717) is 0 Å². The smallest absolute Gasteiger partial charge is 0.108 e. The minimum Gasteiger partial charge on any atom is -0.338 e. The van der Waals surface area contributed by atoms with Crippen molar-refractivity contribution in [3.63, 3.8) is 0 Å². The van der Waals surface area contributed by atoms with Crippen LogP contribution in [-0.2, 0) is 13.5 Å². The molecule has 2 rings (SSSR count). The van der Waals surface area contributed by atoms with Gasteiger partial charge in [0.1, 0.15) is 5.82 Å². The zero-order chi connectivity index (χ0) is 13.7. The number of hydrogen-bond acceptors (Lipinski definition) is 2. The van der Waals surface area contributed by atoms with Gasteiger partial charge in [-0.3, -0.25) is 0 Å². The molecule has 0 aliphatic heterocycles. The molecule has 3 heteroatoms. The van der Waals surface area contributed by atoms with Gasteiger partial charge in [-0.25, -0.2) is 4.98 Å². The number of hydrogen-bond donors (Lipinski definition) is 0. The minimum atomic E-state index is -0.0871. The summed E-state index contributed by atoms with van der Waals surface area (Å²) in [6.07, 6.45) is 13.0. The second-order valence-electron chi connectivity index (χ2n) is 6.08. The van der Waals surface area contributed by atoms with Crippen molar-refractivity contribution in [2.45, 2.75) is 58.3 Å². The first-order valence-corrected chi connectivity index (χ1v) is 7.56. The summed E-state index contributed by atoms with van der Waals surface area (Å²) in [6.45, 7) is 2.26. The molecule has 0 saturated heterocycles. The molecule has 1 aliphatic rings. The highest BCUT2D eigenvalue weighted by atomic mass is 15.0. The Balaban J connectivity index is 1.90. The normalized spacial score (nSPS) is 27.1. The molecule has 0 radical (unpaired) electrons. The lowest BCUT2D eigenvalue weighted by Gasteiger charge is -2.35. The van der Waals surface area contributed by atoms with Gasteiger partial charge in [-0.1, -0.05) is 19.8 Å². The number of aryl methyl sites for hydroxylation is 2. The average molecular weight is 259 g/mol. The van der Waals surface area contributed by atoms with Crippen LogP contribution in [0.2, 0.25) is 0 Å². The second-order valence-corrected chi connectivity index (χ2v) is 6.08. The first-order valence-electron chi connectivity index (χ1n) is 7.56. The highest BCUT2D eigenvalue weighted by Gasteiger charge is 2.35. The highest BCUT2D eigenvalue weighted by Crippen LogP contribution is 2.42. The van der Waals surface area contributed by atoms with Crippen molar-refractivity contribution in [2.24, 2.45) is 18.4 Å². The Morgan fingerprint density at radius 2 is 2.21 bits per heavy atom. The van der Waals surface area contributed by atoms with Crippen LogP contribution in [0.25, 0.3) is 0 Å². The van der Waals surface area contributed by atoms with E-state index in [1.807, 2.05) is 19.4 Å². The van der Waals surface area contributed by atoms with E-state index in [4.69, 9.17) is 0 Å². The van der Waals surface area contributed by atoms with E-state index in [0.717, 1.165) is 37.4 Å². The third-order valence-corrected chi connectivity index (χ3v) is 4.74. The fourth-order valence-electron chi connectivity index (χ4n) is 3.33. The van der Waals surface area contributed by atoms with E-state index >= 15 is 0 Å². The Morgan fingerprint density at radius 3 is 2.74 bits per heavy atom. The van der Waals surface area contributed by atoms with Crippen LogP contribution < -0.4 is 0 Å². The number of nitriles is 1. The van der Waals surface area contributed by atoms with Gasteiger partial charge in [0.2, 0.25) is 0 Å².